The van der Waals surface area contributed by atoms with E-state index in [4.69, 9.17) is 9.47 Å². The Balaban J connectivity index is 2.18. The molecule has 0 saturated heterocycles. The molecule has 2 aromatic rings. The number of hydrogen-bond donors (Lipinski definition) is 2. The summed E-state index contributed by atoms with van der Waals surface area (Å²) < 4.78 is 12.0. The molecule has 0 radical (unpaired) electrons. The Morgan fingerprint density at radius 1 is 0.920 bits per heavy atom. The summed E-state index contributed by atoms with van der Waals surface area (Å²) in [5.41, 5.74) is 3.54. The van der Waals surface area contributed by atoms with Gasteiger partial charge in [0.1, 0.15) is 24.7 Å². The Morgan fingerprint density at radius 3 is 1.96 bits per heavy atom. The molecule has 1 aliphatic carbocycles. The number of rotatable bonds is 6. The zero-order valence-corrected chi connectivity index (χ0v) is 15.1. The topological polar surface area (TPSA) is 58.9 Å². The molecule has 3 rings (SSSR count). The summed E-state index contributed by atoms with van der Waals surface area (Å²) in [4.78, 5) is 0. The number of allylic oxidation sites excluding steroid dienone is 2. The van der Waals surface area contributed by atoms with Crippen LogP contribution in [-0.2, 0) is 12.8 Å². The van der Waals surface area contributed by atoms with Crippen LogP contribution in [0.5, 0.6) is 11.5 Å². The third-order valence-electron chi connectivity index (χ3n) is 4.38. The zero-order chi connectivity index (χ0) is 18.0. The fourth-order valence-corrected chi connectivity index (χ4v) is 3.25. The molecule has 4 heteroatoms. The second-order valence-electron chi connectivity index (χ2n) is 6.91. The third kappa shape index (κ3) is 3.80. The van der Waals surface area contributed by atoms with E-state index in [1.54, 1.807) is 13.8 Å². The van der Waals surface area contributed by atoms with Crippen molar-refractivity contribution >= 4 is 10.8 Å². The highest BCUT2D eigenvalue weighted by Crippen LogP contribution is 2.44. The molecule has 0 aliphatic heterocycles. The van der Waals surface area contributed by atoms with Gasteiger partial charge in [0, 0.05) is 21.9 Å². The summed E-state index contributed by atoms with van der Waals surface area (Å²) in [6, 6.07) is 8.00. The van der Waals surface area contributed by atoms with Crippen LogP contribution in [0.4, 0.5) is 0 Å². The molecule has 0 heterocycles. The lowest BCUT2D eigenvalue weighted by Gasteiger charge is -2.25. The van der Waals surface area contributed by atoms with Crippen LogP contribution in [0.2, 0.25) is 0 Å². The van der Waals surface area contributed by atoms with E-state index in [0.717, 1.165) is 46.2 Å². The molecule has 0 fully saturated rings. The van der Waals surface area contributed by atoms with Crippen molar-refractivity contribution in [3.63, 3.8) is 0 Å². The molecule has 4 nitrogen and oxygen atoms in total. The molecule has 0 amide bonds. The van der Waals surface area contributed by atoms with Gasteiger partial charge in [0.2, 0.25) is 0 Å². The van der Waals surface area contributed by atoms with Crippen molar-refractivity contribution in [3.8, 4) is 11.5 Å². The second kappa shape index (κ2) is 7.46. The first kappa shape index (κ1) is 17.8. The lowest BCUT2D eigenvalue weighted by Crippen LogP contribution is -2.17. The lowest BCUT2D eigenvalue weighted by molar-refractivity contribution is 0.121. The molecule has 25 heavy (non-hydrogen) atoms. The molecule has 2 aromatic carbocycles. The van der Waals surface area contributed by atoms with Crippen LogP contribution in [0.25, 0.3) is 10.8 Å². The SMILES string of the molecule is CC1=CCc2c(c(OCC(C)O)c3ccccc3c2OCC(C)O)C1. The predicted molar refractivity (Wildman–Crippen MR) is 99.5 cm³/mol. The van der Waals surface area contributed by atoms with E-state index in [1.807, 2.05) is 24.3 Å². The third-order valence-corrected chi connectivity index (χ3v) is 4.38. The predicted octanol–water partition coefficient (Wildman–Crippen LogP) is 3.40. The van der Waals surface area contributed by atoms with Crippen molar-refractivity contribution in [2.75, 3.05) is 13.2 Å². The maximum Gasteiger partial charge on any atom is 0.131 e. The molecule has 1 aliphatic rings. The standard InChI is InChI=1S/C21H26O4/c1-13-8-9-18-19(10-13)21(25-12-15(3)23)17-7-5-4-6-16(17)20(18)24-11-14(2)22/h4-8,14-15,22-23H,9-12H2,1-3H3. The Morgan fingerprint density at radius 2 is 1.44 bits per heavy atom. The minimum atomic E-state index is -0.527. The van der Waals surface area contributed by atoms with E-state index in [0.29, 0.717) is 0 Å². The Labute approximate surface area is 148 Å². The van der Waals surface area contributed by atoms with Crippen LogP contribution in [0, 0.1) is 0 Å². The summed E-state index contributed by atoms with van der Waals surface area (Å²) in [5.74, 6) is 1.67. The summed E-state index contributed by atoms with van der Waals surface area (Å²) in [6.07, 6.45) is 2.75. The highest BCUT2D eigenvalue weighted by atomic mass is 16.5. The number of hydrogen-bond acceptors (Lipinski definition) is 4. The van der Waals surface area contributed by atoms with Gasteiger partial charge in [-0.25, -0.2) is 0 Å². The van der Waals surface area contributed by atoms with Gasteiger partial charge in [-0.15, -0.1) is 0 Å². The molecule has 0 saturated carbocycles. The lowest BCUT2D eigenvalue weighted by atomic mass is 9.87. The number of aliphatic hydroxyl groups excluding tert-OH is 2. The van der Waals surface area contributed by atoms with Gasteiger partial charge in [-0.2, -0.15) is 0 Å². The molecule has 2 atom stereocenters. The summed E-state index contributed by atoms with van der Waals surface area (Å²) in [5, 5.41) is 21.3. The van der Waals surface area contributed by atoms with E-state index in [-0.39, 0.29) is 13.2 Å². The van der Waals surface area contributed by atoms with Gasteiger partial charge in [-0.05, 0) is 33.6 Å². The molecule has 2 N–H and O–H groups in total. The first-order valence-corrected chi connectivity index (χ1v) is 8.81. The summed E-state index contributed by atoms with van der Waals surface area (Å²) in [7, 11) is 0. The van der Waals surface area contributed by atoms with Crippen LogP contribution in [0.3, 0.4) is 0 Å². The largest absolute Gasteiger partial charge is 0.490 e. The van der Waals surface area contributed by atoms with Gasteiger partial charge >= 0.3 is 0 Å². The van der Waals surface area contributed by atoms with Crippen molar-refractivity contribution in [2.24, 2.45) is 0 Å². The number of aliphatic hydroxyl groups is 2. The fraction of sp³-hybridized carbons (Fsp3) is 0.429. The van der Waals surface area contributed by atoms with Gasteiger partial charge in [-0.3, -0.25) is 0 Å². The normalized spacial score (nSPS) is 16.1. The van der Waals surface area contributed by atoms with Gasteiger partial charge in [-0.1, -0.05) is 35.9 Å². The fourth-order valence-electron chi connectivity index (χ4n) is 3.25. The molecule has 2 unspecified atom stereocenters. The minimum absolute atomic E-state index is 0.257. The highest BCUT2D eigenvalue weighted by molar-refractivity contribution is 5.96. The Bertz CT molecular complexity index is 790. The average Bonchev–Trinajstić information content (AvgIpc) is 2.57. The van der Waals surface area contributed by atoms with E-state index in [2.05, 4.69) is 13.0 Å². The zero-order valence-electron chi connectivity index (χ0n) is 15.1. The average molecular weight is 342 g/mol. The quantitative estimate of drug-likeness (QED) is 0.790. The van der Waals surface area contributed by atoms with Crippen molar-refractivity contribution in [1.29, 1.82) is 0 Å². The molecular formula is C21H26O4. The van der Waals surface area contributed by atoms with Gasteiger partial charge in [0.15, 0.2) is 0 Å². The number of benzene rings is 2. The second-order valence-corrected chi connectivity index (χ2v) is 6.91. The summed E-state index contributed by atoms with van der Waals surface area (Å²) >= 11 is 0. The maximum absolute atomic E-state index is 9.65. The van der Waals surface area contributed by atoms with Gasteiger partial charge < -0.3 is 19.7 Å². The van der Waals surface area contributed by atoms with Crippen LogP contribution < -0.4 is 9.47 Å². The first-order chi connectivity index (χ1) is 12.0. The van der Waals surface area contributed by atoms with Crippen molar-refractivity contribution < 1.29 is 19.7 Å². The van der Waals surface area contributed by atoms with Crippen LogP contribution in [0.1, 0.15) is 31.9 Å². The van der Waals surface area contributed by atoms with Crippen molar-refractivity contribution in [2.45, 2.75) is 45.8 Å². The van der Waals surface area contributed by atoms with Crippen LogP contribution in [0.15, 0.2) is 35.9 Å². The number of ether oxygens (including phenoxy) is 2. The Kier molecular flexibility index (Phi) is 5.30. The van der Waals surface area contributed by atoms with Crippen LogP contribution in [-0.4, -0.2) is 35.6 Å². The molecular weight excluding hydrogens is 316 g/mol. The van der Waals surface area contributed by atoms with Gasteiger partial charge in [0.05, 0.1) is 12.2 Å². The summed E-state index contributed by atoms with van der Waals surface area (Å²) in [6.45, 7) is 6.08. The molecule has 134 valence electrons. The van der Waals surface area contributed by atoms with E-state index < -0.39 is 12.2 Å². The van der Waals surface area contributed by atoms with E-state index in [1.165, 1.54) is 5.57 Å². The molecule has 0 aromatic heterocycles. The highest BCUT2D eigenvalue weighted by Gasteiger charge is 2.24. The molecule has 0 spiro atoms. The monoisotopic (exact) mass is 342 g/mol. The maximum atomic E-state index is 9.65. The van der Waals surface area contributed by atoms with Crippen molar-refractivity contribution in [1.82, 2.24) is 0 Å². The van der Waals surface area contributed by atoms with Crippen molar-refractivity contribution in [3.05, 3.63) is 47.0 Å². The molecule has 0 bridgehead atoms. The Hall–Kier alpha value is -2.04. The van der Waals surface area contributed by atoms with E-state index >= 15 is 0 Å². The smallest absolute Gasteiger partial charge is 0.131 e. The minimum Gasteiger partial charge on any atom is -0.490 e. The van der Waals surface area contributed by atoms with Gasteiger partial charge in [0.25, 0.3) is 0 Å². The van der Waals surface area contributed by atoms with Crippen LogP contribution >= 0.6 is 0 Å². The first-order valence-electron chi connectivity index (χ1n) is 8.81. The van der Waals surface area contributed by atoms with E-state index in [9.17, 15) is 10.2 Å². The number of fused-ring (bicyclic) bond motifs is 2.